The molecular formula is C26H28N2O5S. The van der Waals surface area contributed by atoms with E-state index in [1.165, 1.54) is 24.3 Å². The van der Waals surface area contributed by atoms with Crippen molar-refractivity contribution in [3.8, 4) is 0 Å². The highest BCUT2D eigenvalue weighted by Crippen LogP contribution is 2.22. The van der Waals surface area contributed by atoms with E-state index < -0.39 is 28.5 Å². The summed E-state index contributed by atoms with van der Waals surface area (Å²) >= 11 is 0. The number of sulfonamides is 1. The number of rotatable bonds is 9. The highest BCUT2D eigenvalue weighted by atomic mass is 32.2. The second-order valence-corrected chi connectivity index (χ2v) is 9.46. The molecule has 3 aromatic rings. The van der Waals surface area contributed by atoms with Crippen LogP contribution in [0.3, 0.4) is 0 Å². The number of hydrogen-bond acceptors (Lipinski definition) is 5. The number of benzene rings is 3. The number of nitrogens with one attached hydrogen (secondary N) is 2. The molecule has 0 fully saturated rings. The predicted molar refractivity (Wildman–Crippen MR) is 133 cm³/mol. The Labute approximate surface area is 200 Å². The maximum Gasteiger partial charge on any atom is 0.338 e. The summed E-state index contributed by atoms with van der Waals surface area (Å²) in [6.45, 7) is 5.47. The van der Waals surface area contributed by atoms with Gasteiger partial charge < -0.3 is 10.1 Å². The van der Waals surface area contributed by atoms with Crippen LogP contribution >= 0.6 is 0 Å². The number of esters is 1. The van der Waals surface area contributed by atoms with Gasteiger partial charge in [-0.3, -0.25) is 9.52 Å². The molecule has 0 spiro atoms. The highest BCUT2D eigenvalue weighted by molar-refractivity contribution is 7.92. The van der Waals surface area contributed by atoms with Crippen molar-refractivity contribution in [1.29, 1.82) is 0 Å². The van der Waals surface area contributed by atoms with Crippen molar-refractivity contribution in [3.05, 3.63) is 89.0 Å². The number of hydrogen-bond donors (Lipinski definition) is 2. The third kappa shape index (κ3) is 6.23. The van der Waals surface area contributed by atoms with Crippen LogP contribution in [0.4, 0.5) is 11.4 Å². The molecule has 0 aliphatic heterocycles. The quantitative estimate of drug-likeness (QED) is 0.432. The Kier molecular flexibility index (Phi) is 8.07. The standard InChI is InChI=1S/C26H28N2O5S/c1-4-19-7-6-8-20(5-2)25(19)27-24(29)17-33-26(30)21-11-15-23(16-12-21)34(31,32)28-22-13-9-18(3)10-14-22/h6-16,28H,4-5,17H2,1-3H3,(H,27,29). The normalized spacial score (nSPS) is 11.0. The number of carbonyl (C=O) groups excluding carboxylic acids is 2. The summed E-state index contributed by atoms with van der Waals surface area (Å²) in [7, 11) is -3.81. The summed E-state index contributed by atoms with van der Waals surface area (Å²) in [6.07, 6.45) is 1.52. The zero-order valence-electron chi connectivity index (χ0n) is 19.4. The van der Waals surface area contributed by atoms with Crippen LogP contribution in [0.25, 0.3) is 0 Å². The van der Waals surface area contributed by atoms with Gasteiger partial charge in [0.25, 0.3) is 15.9 Å². The van der Waals surface area contributed by atoms with Gasteiger partial charge in [0, 0.05) is 11.4 Å². The summed E-state index contributed by atoms with van der Waals surface area (Å²) < 4.78 is 32.8. The summed E-state index contributed by atoms with van der Waals surface area (Å²) in [5.74, 6) is -1.16. The van der Waals surface area contributed by atoms with Gasteiger partial charge in [0.2, 0.25) is 0 Å². The zero-order chi connectivity index (χ0) is 24.7. The highest BCUT2D eigenvalue weighted by Gasteiger charge is 2.17. The SMILES string of the molecule is CCc1cccc(CC)c1NC(=O)COC(=O)c1ccc(S(=O)(=O)Nc2ccc(C)cc2)cc1. The molecule has 0 atom stereocenters. The van der Waals surface area contributed by atoms with Crippen molar-refractivity contribution in [2.45, 2.75) is 38.5 Å². The van der Waals surface area contributed by atoms with E-state index in [0.29, 0.717) is 5.69 Å². The van der Waals surface area contributed by atoms with E-state index in [1.807, 2.05) is 39.0 Å². The smallest absolute Gasteiger partial charge is 0.338 e. The third-order valence-electron chi connectivity index (χ3n) is 5.30. The fraction of sp³-hybridized carbons (Fsp3) is 0.231. The van der Waals surface area contributed by atoms with Crippen LogP contribution in [0.5, 0.6) is 0 Å². The first kappa shape index (κ1) is 25.0. The van der Waals surface area contributed by atoms with Crippen LogP contribution in [-0.2, 0) is 32.4 Å². The first-order valence-electron chi connectivity index (χ1n) is 11.0. The van der Waals surface area contributed by atoms with Crippen molar-refractivity contribution in [3.63, 3.8) is 0 Å². The molecule has 7 nitrogen and oxygen atoms in total. The molecule has 3 rings (SSSR count). The Bertz CT molecular complexity index is 1250. The van der Waals surface area contributed by atoms with Gasteiger partial charge >= 0.3 is 5.97 Å². The molecule has 0 heterocycles. The molecule has 0 saturated carbocycles. The maximum atomic E-state index is 12.6. The number of aryl methyl sites for hydroxylation is 3. The molecule has 8 heteroatoms. The lowest BCUT2D eigenvalue weighted by atomic mass is 10.0. The van der Waals surface area contributed by atoms with Crippen molar-refractivity contribution >= 4 is 33.3 Å². The first-order chi connectivity index (χ1) is 16.2. The lowest BCUT2D eigenvalue weighted by Crippen LogP contribution is -2.22. The molecule has 0 bridgehead atoms. The van der Waals surface area contributed by atoms with E-state index in [2.05, 4.69) is 10.0 Å². The summed E-state index contributed by atoms with van der Waals surface area (Å²) in [5.41, 5.74) is 4.37. The van der Waals surface area contributed by atoms with Crippen LogP contribution < -0.4 is 10.0 Å². The Balaban J connectivity index is 1.61. The summed E-state index contributed by atoms with van der Waals surface area (Å²) in [5, 5.41) is 2.84. The third-order valence-corrected chi connectivity index (χ3v) is 6.70. The lowest BCUT2D eigenvalue weighted by Gasteiger charge is -2.14. The molecular weight excluding hydrogens is 452 g/mol. The second kappa shape index (κ2) is 11.0. The van der Waals surface area contributed by atoms with Crippen molar-refractivity contribution in [2.24, 2.45) is 0 Å². The Morgan fingerprint density at radius 1 is 0.853 bits per heavy atom. The number of ether oxygens (including phenoxy) is 1. The first-order valence-corrected chi connectivity index (χ1v) is 12.5. The number of para-hydroxylation sites is 1. The Morgan fingerprint density at radius 2 is 1.44 bits per heavy atom. The minimum atomic E-state index is -3.81. The fourth-order valence-corrected chi connectivity index (χ4v) is 4.46. The fourth-order valence-electron chi connectivity index (χ4n) is 3.40. The molecule has 0 unspecified atom stereocenters. The van der Waals surface area contributed by atoms with Gasteiger partial charge in [-0.15, -0.1) is 0 Å². The van der Waals surface area contributed by atoms with Crippen LogP contribution in [0.2, 0.25) is 0 Å². The van der Waals surface area contributed by atoms with E-state index in [9.17, 15) is 18.0 Å². The summed E-state index contributed by atoms with van der Waals surface area (Å²) in [4.78, 5) is 24.8. The second-order valence-electron chi connectivity index (χ2n) is 7.78. The lowest BCUT2D eigenvalue weighted by molar-refractivity contribution is -0.119. The van der Waals surface area contributed by atoms with E-state index in [1.54, 1.807) is 24.3 Å². The molecule has 0 aliphatic carbocycles. The van der Waals surface area contributed by atoms with Gasteiger partial charge in [-0.25, -0.2) is 13.2 Å². The van der Waals surface area contributed by atoms with Crippen LogP contribution in [0.15, 0.2) is 71.6 Å². The minimum Gasteiger partial charge on any atom is -0.452 e. The molecule has 3 aromatic carbocycles. The minimum absolute atomic E-state index is 0.00522. The number of carbonyl (C=O) groups is 2. The van der Waals surface area contributed by atoms with E-state index in [4.69, 9.17) is 4.74 Å². The monoisotopic (exact) mass is 480 g/mol. The maximum absolute atomic E-state index is 12.6. The zero-order valence-corrected chi connectivity index (χ0v) is 20.2. The molecule has 34 heavy (non-hydrogen) atoms. The predicted octanol–water partition coefficient (Wildman–Crippen LogP) is 4.72. The van der Waals surface area contributed by atoms with E-state index in [0.717, 1.165) is 35.2 Å². The molecule has 1 amide bonds. The van der Waals surface area contributed by atoms with E-state index >= 15 is 0 Å². The van der Waals surface area contributed by atoms with Gasteiger partial charge in [-0.1, -0.05) is 49.7 Å². The van der Waals surface area contributed by atoms with Gasteiger partial charge in [-0.05, 0) is 67.3 Å². The number of amides is 1. The molecule has 0 saturated heterocycles. The van der Waals surface area contributed by atoms with Crippen LogP contribution in [0, 0.1) is 6.92 Å². The van der Waals surface area contributed by atoms with Crippen LogP contribution in [0.1, 0.15) is 40.9 Å². The molecule has 2 N–H and O–H groups in total. The molecule has 0 aromatic heterocycles. The molecule has 178 valence electrons. The summed E-state index contributed by atoms with van der Waals surface area (Å²) in [6, 6.07) is 18.1. The van der Waals surface area contributed by atoms with Gasteiger partial charge in [0.1, 0.15) is 0 Å². The van der Waals surface area contributed by atoms with Gasteiger partial charge in [-0.2, -0.15) is 0 Å². The van der Waals surface area contributed by atoms with Crippen molar-refractivity contribution < 1.29 is 22.7 Å². The average molecular weight is 481 g/mol. The molecule has 0 aliphatic rings. The van der Waals surface area contributed by atoms with Gasteiger partial charge in [0.15, 0.2) is 6.61 Å². The Morgan fingerprint density at radius 3 is 2.00 bits per heavy atom. The largest absolute Gasteiger partial charge is 0.452 e. The topological polar surface area (TPSA) is 102 Å². The molecule has 0 radical (unpaired) electrons. The average Bonchev–Trinajstić information content (AvgIpc) is 2.84. The number of anilines is 2. The Hall–Kier alpha value is -3.65. The van der Waals surface area contributed by atoms with Crippen LogP contribution in [-0.4, -0.2) is 26.9 Å². The van der Waals surface area contributed by atoms with Crippen molar-refractivity contribution in [1.82, 2.24) is 0 Å². The van der Waals surface area contributed by atoms with E-state index in [-0.39, 0.29) is 10.5 Å². The van der Waals surface area contributed by atoms with Gasteiger partial charge in [0.05, 0.1) is 10.5 Å². The van der Waals surface area contributed by atoms with Crippen molar-refractivity contribution in [2.75, 3.05) is 16.6 Å².